The van der Waals surface area contributed by atoms with E-state index in [4.69, 9.17) is 4.74 Å². The van der Waals surface area contributed by atoms with Crippen molar-refractivity contribution in [2.45, 2.75) is 26.7 Å². The second-order valence-corrected chi connectivity index (χ2v) is 4.95. The Kier molecular flexibility index (Phi) is 4.71. The van der Waals surface area contributed by atoms with Gasteiger partial charge in [-0.3, -0.25) is 14.6 Å². The molecule has 0 radical (unpaired) electrons. The molecule has 1 amide bonds. The first-order valence-corrected chi connectivity index (χ1v) is 7.01. The number of carbonyl (C=O) groups excluding carboxylic acids is 2. The first-order valence-electron chi connectivity index (χ1n) is 7.01. The summed E-state index contributed by atoms with van der Waals surface area (Å²) in [4.78, 5) is 30.0. The summed E-state index contributed by atoms with van der Waals surface area (Å²) >= 11 is 0. The molecule has 0 unspecified atom stereocenters. The Balaban J connectivity index is 1.96. The lowest BCUT2D eigenvalue weighted by Gasteiger charge is -2.31. The number of hydrogen-bond acceptors (Lipinski definition) is 4. The van der Waals surface area contributed by atoms with E-state index in [9.17, 15) is 9.59 Å². The number of esters is 1. The Bertz CT molecular complexity index is 494. The van der Waals surface area contributed by atoms with Crippen LogP contribution in [0.4, 0.5) is 0 Å². The summed E-state index contributed by atoms with van der Waals surface area (Å²) in [6.45, 7) is 5.24. The van der Waals surface area contributed by atoms with Crippen LogP contribution in [0.5, 0.6) is 0 Å². The standard InChI is InChI=1S/C15H20N2O3/c1-3-20-15(19)12-6-9-17(10-7-12)14(18)13-5-4-8-16-11(13)2/h4-5,8,12H,3,6-7,9-10H2,1-2H3. The first-order chi connectivity index (χ1) is 9.63. The number of amides is 1. The van der Waals surface area contributed by atoms with E-state index in [1.165, 1.54) is 0 Å². The Hall–Kier alpha value is -1.91. The van der Waals surface area contributed by atoms with Gasteiger partial charge in [-0.05, 0) is 38.8 Å². The molecular formula is C15H20N2O3. The molecule has 0 atom stereocenters. The monoisotopic (exact) mass is 276 g/mol. The zero-order valence-electron chi connectivity index (χ0n) is 12.0. The number of pyridine rings is 1. The van der Waals surface area contributed by atoms with Crippen molar-refractivity contribution in [1.29, 1.82) is 0 Å². The van der Waals surface area contributed by atoms with Gasteiger partial charge in [0, 0.05) is 25.0 Å². The molecule has 0 aromatic carbocycles. The Morgan fingerprint density at radius 3 is 2.70 bits per heavy atom. The molecule has 1 aromatic rings. The number of carbonyl (C=O) groups is 2. The Morgan fingerprint density at radius 1 is 1.40 bits per heavy atom. The van der Waals surface area contributed by atoms with E-state index in [1.807, 2.05) is 13.8 Å². The van der Waals surface area contributed by atoms with Gasteiger partial charge in [-0.2, -0.15) is 0 Å². The molecule has 1 aliphatic heterocycles. The molecule has 2 heterocycles. The molecule has 1 aromatic heterocycles. The fourth-order valence-corrected chi connectivity index (χ4v) is 2.46. The van der Waals surface area contributed by atoms with E-state index in [2.05, 4.69) is 4.98 Å². The molecule has 0 aliphatic carbocycles. The van der Waals surface area contributed by atoms with Crippen molar-refractivity contribution in [1.82, 2.24) is 9.88 Å². The molecule has 2 rings (SSSR count). The van der Waals surface area contributed by atoms with Crippen LogP contribution in [0.1, 0.15) is 35.8 Å². The summed E-state index contributed by atoms with van der Waals surface area (Å²) in [7, 11) is 0. The molecule has 0 saturated carbocycles. The SMILES string of the molecule is CCOC(=O)C1CCN(C(=O)c2cccnc2C)CC1. The number of aromatic nitrogens is 1. The second kappa shape index (κ2) is 6.50. The largest absolute Gasteiger partial charge is 0.466 e. The minimum absolute atomic E-state index is 0.00194. The molecule has 1 fully saturated rings. The van der Waals surface area contributed by atoms with Gasteiger partial charge < -0.3 is 9.64 Å². The number of rotatable bonds is 3. The molecule has 5 heteroatoms. The van der Waals surface area contributed by atoms with Crippen LogP contribution in [0.25, 0.3) is 0 Å². The van der Waals surface area contributed by atoms with Gasteiger partial charge in [0.1, 0.15) is 0 Å². The Labute approximate surface area is 118 Å². The van der Waals surface area contributed by atoms with Crippen LogP contribution in [-0.2, 0) is 9.53 Å². The van der Waals surface area contributed by atoms with Crippen LogP contribution in [-0.4, -0.2) is 41.5 Å². The predicted molar refractivity (Wildman–Crippen MR) is 74.2 cm³/mol. The predicted octanol–water partition coefficient (Wildman–Crippen LogP) is 1.81. The molecule has 108 valence electrons. The van der Waals surface area contributed by atoms with Crippen LogP contribution in [0, 0.1) is 12.8 Å². The summed E-state index contributed by atoms with van der Waals surface area (Å²) in [6.07, 6.45) is 3.02. The number of likely N-dealkylation sites (tertiary alicyclic amines) is 1. The molecule has 5 nitrogen and oxygen atoms in total. The quantitative estimate of drug-likeness (QED) is 0.790. The van der Waals surface area contributed by atoms with E-state index >= 15 is 0 Å². The fraction of sp³-hybridized carbons (Fsp3) is 0.533. The van der Waals surface area contributed by atoms with Gasteiger partial charge in [-0.25, -0.2) is 0 Å². The van der Waals surface area contributed by atoms with Gasteiger partial charge in [0.25, 0.3) is 5.91 Å². The summed E-state index contributed by atoms with van der Waals surface area (Å²) in [5.41, 5.74) is 1.38. The zero-order chi connectivity index (χ0) is 14.5. The number of piperidine rings is 1. The van der Waals surface area contributed by atoms with E-state index in [1.54, 1.807) is 23.2 Å². The number of nitrogens with zero attached hydrogens (tertiary/aromatic N) is 2. The van der Waals surface area contributed by atoms with Crippen molar-refractivity contribution in [2.75, 3.05) is 19.7 Å². The fourth-order valence-electron chi connectivity index (χ4n) is 2.46. The number of ether oxygens (including phenoxy) is 1. The third-order valence-corrected chi connectivity index (χ3v) is 3.64. The molecule has 20 heavy (non-hydrogen) atoms. The minimum Gasteiger partial charge on any atom is -0.466 e. The van der Waals surface area contributed by atoms with E-state index in [0.29, 0.717) is 38.1 Å². The lowest BCUT2D eigenvalue weighted by molar-refractivity contribution is -0.149. The van der Waals surface area contributed by atoms with Gasteiger partial charge in [0.05, 0.1) is 18.1 Å². The van der Waals surface area contributed by atoms with Crippen LogP contribution in [0.3, 0.4) is 0 Å². The molecule has 1 saturated heterocycles. The maximum atomic E-state index is 12.4. The summed E-state index contributed by atoms with van der Waals surface area (Å²) in [5.74, 6) is -0.218. The van der Waals surface area contributed by atoms with Crippen molar-refractivity contribution in [3.05, 3.63) is 29.6 Å². The van der Waals surface area contributed by atoms with Gasteiger partial charge in [0.15, 0.2) is 0 Å². The Morgan fingerprint density at radius 2 is 2.10 bits per heavy atom. The van der Waals surface area contributed by atoms with Crippen molar-refractivity contribution in [3.8, 4) is 0 Å². The topological polar surface area (TPSA) is 59.5 Å². The minimum atomic E-state index is -0.142. The number of aryl methyl sites for hydroxylation is 1. The van der Waals surface area contributed by atoms with Crippen molar-refractivity contribution in [3.63, 3.8) is 0 Å². The summed E-state index contributed by atoms with van der Waals surface area (Å²) in [5, 5.41) is 0. The molecule has 0 bridgehead atoms. The molecule has 0 N–H and O–H groups in total. The highest BCUT2D eigenvalue weighted by atomic mass is 16.5. The van der Waals surface area contributed by atoms with Crippen molar-refractivity contribution < 1.29 is 14.3 Å². The third-order valence-electron chi connectivity index (χ3n) is 3.64. The van der Waals surface area contributed by atoms with Crippen LogP contribution in [0.15, 0.2) is 18.3 Å². The average molecular weight is 276 g/mol. The molecule has 0 spiro atoms. The molecular weight excluding hydrogens is 256 g/mol. The van der Waals surface area contributed by atoms with Crippen LogP contribution in [0.2, 0.25) is 0 Å². The van der Waals surface area contributed by atoms with Gasteiger partial charge in [-0.1, -0.05) is 0 Å². The van der Waals surface area contributed by atoms with E-state index < -0.39 is 0 Å². The highest BCUT2D eigenvalue weighted by Gasteiger charge is 2.29. The van der Waals surface area contributed by atoms with Crippen LogP contribution >= 0.6 is 0 Å². The lowest BCUT2D eigenvalue weighted by Crippen LogP contribution is -2.41. The van der Waals surface area contributed by atoms with E-state index in [0.717, 1.165) is 5.69 Å². The molecule has 1 aliphatic rings. The summed E-state index contributed by atoms with van der Waals surface area (Å²) in [6, 6.07) is 3.56. The van der Waals surface area contributed by atoms with Gasteiger partial charge in [0.2, 0.25) is 0 Å². The lowest BCUT2D eigenvalue weighted by atomic mass is 9.96. The first kappa shape index (κ1) is 14.5. The van der Waals surface area contributed by atoms with Gasteiger partial charge in [-0.15, -0.1) is 0 Å². The van der Waals surface area contributed by atoms with Crippen molar-refractivity contribution in [2.24, 2.45) is 5.92 Å². The average Bonchev–Trinajstić information content (AvgIpc) is 2.47. The number of hydrogen-bond donors (Lipinski definition) is 0. The zero-order valence-corrected chi connectivity index (χ0v) is 12.0. The third kappa shape index (κ3) is 3.15. The maximum absolute atomic E-state index is 12.4. The maximum Gasteiger partial charge on any atom is 0.309 e. The highest BCUT2D eigenvalue weighted by molar-refractivity contribution is 5.95. The van der Waals surface area contributed by atoms with Crippen molar-refractivity contribution >= 4 is 11.9 Å². The summed E-state index contributed by atoms with van der Waals surface area (Å²) < 4.78 is 5.03. The van der Waals surface area contributed by atoms with Gasteiger partial charge >= 0.3 is 5.97 Å². The normalized spacial score (nSPS) is 16.0. The van der Waals surface area contributed by atoms with Crippen LogP contribution < -0.4 is 0 Å². The second-order valence-electron chi connectivity index (χ2n) is 4.95. The smallest absolute Gasteiger partial charge is 0.309 e. The highest BCUT2D eigenvalue weighted by Crippen LogP contribution is 2.20. The van der Waals surface area contributed by atoms with E-state index in [-0.39, 0.29) is 17.8 Å².